The predicted molar refractivity (Wildman–Crippen MR) is 94.0 cm³/mol. The molecule has 1 aliphatic heterocycles. The van der Waals surface area contributed by atoms with Crippen molar-refractivity contribution < 1.29 is 8.42 Å². The molecule has 0 aliphatic carbocycles. The molecule has 3 rings (SSSR count). The lowest BCUT2D eigenvalue weighted by Crippen LogP contribution is -2.54. The molecular formula is C18H24N2O2S. The second kappa shape index (κ2) is 5.89. The van der Waals surface area contributed by atoms with Crippen LogP contribution < -0.4 is 0 Å². The van der Waals surface area contributed by atoms with Crippen LogP contribution in [0.4, 0.5) is 0 Å². The summed E-state index contributed by atoms with van der Waals surface area (Å²) in [5, 5.41) is 2.02. The molecule has 1 heterocycles. The SMILES string of the molecule is CC(C)(C)N1CCN(S(=O)(=O)c2ccc3ccccc3c2)CC1. The lowest BCUT2D eigenvalue weighted by Gasteiger charge is -2.41. The number of hydrogen-bond donors (Lipinski definition) is 0. The minimum Gasteiger partial charge on any atom is -0.296 e. The van der Waals surface area contributed by atoms with Crippen LogP contribution in [0.2, 0.25) is 0 Å². The van der Waals surface area contributed by atoms with Crippen LogP contribution in [0, 0.1) is 0 Å². The number of rotatable bonds is 2. The minimum absolute atomic E-state index is 0.0821. The van der Waals surface area contributed by atoms with E-state index in [-0.39, 0.29) is 5.54 Å². The van der Waals surface area contributed by atoms with Gasteiger partial charge in [0.25, 0.3) is 0 Å². The molecule has 0 spiro atoms. The first-order valence-corrected chi connectivity index (χ1v) is 9.46. The van der Waals surface area contributed by atoms with Crippen LogP contribution in [-0.2, 0) is 10.0 Å². The van der Waals surface area contributed by atoms with Crippen molar-refractivity contribution >= 4 is 20.8 Å². The molecule has 0 aromatic heterocycles. The predicted octanol–water partition coefficient (Wildman–Crippen LogP) is 2.94. The summed E-state index contributed by atoms with van der Waals surface area (Å²) in [6, 6.07) is 13.2. The van der Waals surface area contributed by atoms with Crippen LogP contribution in [0.3, 0.4) is 0 Å². The van der Waals surface area contributed by atoms with E-state index in [0.29, 0.717) is 18.0 Å². The van der Waals surface area contributed by atoms with Gasteiger partial charge in [0.2, 0.25) is 10.0 Å². The summed E-state index contributed by atoms with van der Waals surface area (Å²) in [6.45, 7) is 9.15. The van der Waals surface area contributed by atoms with E-state index in [1.165, 1.54) is 0 Å². The Hall–Kier alpha value is -1.43. The van der Waals surface area contributed by atoms with Gasteiger partial charge in [-0.3, -0.25) is 4.90 Å². The average molecular weight is 332 g/mol. The highest BCUT2D eigenvalue weighted by atomic mass is 32.2. The van der Waals surface area contributed by atoms with Gasteiger partial charge in [0, 0.05) is 31.7 Å². The number of sulfonamides is 1. The fourth-order valence-corrected chi connectivity index (χ4v) is 4.53. The molecule has 4 nitrogen and oxygen atoms in total. The van der Waals surface area contributed by atoms with Crippen molar-refractivity contribution in [1.82, 2.24) is 9.21 Å². The Kier molecular flexibility index (Phi) is 4.21. The summed E-state index contributed by atoms with van der Waals surface area (Å²) in [5.74, 6) is 0. The third-order valence-corrected chi connectivity index (χ3v) is 6.44. The maximum Gasteiger partial charge on any atom is 0.243 e. The summed E-state index contributed by atoms with van der Waals surface area (Å²) < 4.78 is 27.4. The van der Waals surface area contributed by atoms with Crippen molar-refractivity contribution in [3.63, 3.8) is 0 Å². The Labute approximate surface area is 138 Å². The zero-order chi connectivity index (χ0) is 16.7. The van der Waals surface area contributed by atoms with Crippen LogP contribution in [0.25, 0.3) is 10.8 Å². The topological polar surface area (TPSA) is 40.6 Å². The molecule has 124 valence electrons. The number of fused-ring (bicyclic) bond motifs is 1. The molecule has 0 bridgehead atoms. The van der Waals surface area contributed by atoms with Gasteiger partial charge in [0.05, 0.1) is 4.90 Å². The molecular weight excluding hydrogens is 308 g/mol. The van der Waals surface area contributed by atoms with Gasteiger partial charge in [-0.05, 0) is 43.7 Å². The Morgan fingerprint density at radius 2 is 1.48 bits per heavy atom. The van der Waals surface area contributed by atoms with Crippen LogP contribution in [0.15, 0.2) is 47.4 Å². The van der Waals surface area contributed by atoms with Gasteiger partial charge < -0.3 is 0 Å². The molecule has 23 heavy (non-hydrogen) atoms. The van der Waals surface area contributed by atoms with E-state index in [0.717, 1.165) is 23.9 Å². The van der Waals surface area contributed by atoms with Gasteiger partial charge in [0.1, 0.15) is 0 Å². The highest BCUT2D eigenvalue weighted by molar-refractivity contribution is 7.89. The molecule has 2 aromatic carbocycles. The maximum absolute atomic E-state index is 12.9. The molecule has 0 amide bonds. The third-order valence-electron chi connectivity index (χ3n) is 4.55. The van der Waals surface area contributed by atoms with Crippen molar-refractivity contribution in [3.05, 3.63) is 42.5 Å². The standard InChI is InChI=1S/C18H24N2O2S/c1-18(2,3)19-10-12-20(13-11-19)23(21,22)17-9-8-15-6-4-5-7-16(15)14-17/h4-9,14H,10-13H2,1-3H3. The van der Waals surface area contributed by atoms with E-state index in [4.69, 9.17) is 0 Å². The molecule has 0 atom stereocenters. The Morgan fingerprint density at radius 1 is 0.870 bits per heavy atom. The second-order valence-electron chi connectivity index (χ2n) is 7.07. The van der Waals surface area contributed by atoms with Gasteiger partial charge in [-0.2, -0.15) is 4.31 Å². The molecule has 1 aliphatic rings. The molecule has 5 heteroatoms. The van der Waals surface area contributed by atoms with Crippen LogP contribution in [0.5, 0.6) is 0 Å². The third kappa shape index (κ3) is 3.27. The quantitative estimate of drug-likeness (QED) is 0.849. The first-order chi connectivity index (χ1) is 10.8. The van der Waals surface area contributed by atoms with E-state index in [1.54, 1.807) is 16.4 Å². The van der Waals surface area contributed by atoms with Gasteiger partial charge in [-0.25, -0.2) is 8.42 Å². The number of nitrogens with zero attached hydrogens (tertiary/aromatic N) is 2. The molecule has 0 unspecified atom stereocenters. The Bertz CT molecular complexity index is 801. The summed E-state index contributed by atoms with van der Waals surface area (Å²) >= 11 is 0. The molecule has 1 saturated heterocycles. The van der Waals surface area contributed by atoms with Crippen molar-refractivity contribution in [3.8, 4) is 0 Å². The number of piperazine rings is 1. The lowest BCUT2D eigenvalue weighted by atomic mass is 10.1. The zero-order valence-corrected chi connectivity index (χ0v) is 14.8. The highest BCUT2D eigenvalue weighted by Gasteiger charge is 2.32. The van der Waals surface area contributed by atoms with E-state index in [1.807, 2.05) is 30.3 Å². The van der Waals surface area contributed by atoms with Crippen LogP contribution in [-0.4, -0.2) is 49.3 Å². The summed E-state index contributed by atoms with van der Waals surface area (Å²) in [5.41, 5.74) is 0.0821. The molecule has 0 saturated carbocycles. The normalized spacial score (nSPS) is 18.4. The Balaban J connectivity index is 1.84. The zero-order valence-electron chi connectivity index (χ0n) is 14.0. The van der Waals surface area contributed by atoms with E-state index in [9.17, 15) is 8.42 Å². The van der Waals surface area contributed by atoms with E-state index >= 15 is 0 Å². The maximum atomic E-state index is 12.9. The fourth-order valence-electron chi connectivity index (χ4n) is 3.08. The molecule has 0 N–H and O–H groups in total. The summed E-state index contributed by atoms with van der Waals surface area (Å²) in [6.07, 6.45) is 0. The first-order valence-electron chi connectivity index (χ1n) is 8.02. The highest BCUT2D eigenvalue weighted by Crippen LogP contribution is 2.24. The van der Waals surface area contributed by atoms with Crippen LogP contribution in [0.1, 0.15) is 20.8 Å². The van der Waals surface area contributed by atoms with Crippen molar-refractivity contribution in [2.24, 2.45) is 0 Å². The van der Waals surface area contributed by atoms with Crippen molar-refractivity contribution in [2.75, 3.05) is 26.2 Å². The lowest BCUT2D eigenvalue weighted by molar-refractivity contribution is 0.0922. The largest absolute Gasteiger partial charge is 0.296 e. The minimum atomic E-state index is -3.42. The van der Waals surface area contributed by atoms with Gasteiger partial charge >= 0.3 is 0 Å². The fraction of sp³-hybridized carbons (Fsp3) is 0.444. The molecule has 1 fully saturated rings. The summed E-state index contributed by atoms with van der Waals surface area (Å²) in [7, 11) is -3.42. The smallest absolute Gasteiger partial charge is 0.243 e. The van der Waals surface area contributed by atoms with E-state index in [2.05, 4.69) is 25.7 Å². The van der Waals surface area contributed by atoms with Gasteiger partial charge in [-0.15, -0.1) is 0 Å². The number of hydrogen-bond acceptors (Lipinski definition) is 3. The monoisotopic (exact) mass is 332 g/mol. The van der Waals surface area contributed by atoms with E-state index < -0.39 is 10.0 Å². The average Bonchev–Trinajstić information content (AvgIpc) is 2.53. The molecule has 0 radical (unpaired) electrons. The number of benzene rings is 2. The first kappa shape index (κ1) is 16.4. The van der Waals surface area contributed by atoms with Crippen LogP contribution >= 0.6 is 0 Å². The molecule has 2 aromatic rings. The van der Waals surface area contributed by atoms with Gasteiger partial charge in [-0.1, -0.05) is 30.3 Å². The summed E-state index contributed by atoms with van der Waals surface area (Å²) in [4.78, 5) is 2.72. The van der Waals surface area contributed by atoms with Crippen molar-refractivity contribution in [2.45, 2.75) is 31.2 Å². The van der Waals surface area contributed by atoms with Gasteiger partial charge in [0.15, 0.2) is 0 Å². The Morgan fingerprint density at radius 3 is 2.09 bits per heavy atom. The second-order valence-corrected chi connectivity index (χ2v) is 9.01. The van der Waals surface area contributed by atoms with Crippen molar-refractivity contribution in [1.29, 1.82) is 0 Å².